The Labute approximate surface area is 131 Å². The van der Waals surface area contributed by atoms with Crippen LogP contribution in [0.4, 0.5) is 0 Å². The number of nitrogens with zero attached hydrogens (tertiary/aromatic N) is 2. The standard InChI is InChI=1S/C14H21ClN2O3S/c1-13(2)9-17(10-14(3,4)20-13)21(18,19)12-6-5-11(7-15)8-16-12/h5-6,8H,7,9-10H2,1-4H3. The van der Waals surface area contributed by atoms with Crippen molar-refractivity contribution in [1.29, 1.82) is 0 Å². The third kappa shape index (κ3) is 3.74. The van der Waals surface area contributed by atoms with Crippen LogP contribution in [-0.4, -0.2) is 42.0 Å². The van der Waals surface area contributed by atoms with Gasteiger partial charge in [-0.1, -0.05) is 6.07 Å². The van der Waals surface area contributed by atoms with Gasteiger partial charge in [0.2, 0.25) is 0 Å². The van der Waals surface area contributed by atoms with Crippen LogP contribution in [0.1, 0.15) is 33.3 Å². The Bertz CT molecular complexity index is 596. The summed E-state index contributed by atoms with van der Waals surface area (Å²) in [6.07, 6.45) is 1.50. The summed E-state index contributed by atoms with van der Waals surface area (Å²) in [7, 11) is -3.63. The number of alkyl halides is 1. The van der Waals surface area contributed by atoms with Gasteiger partial charge in [-0.05, 0) is 39.3 Å². The molecule has 0 N–H and O–H groups in total. The Kier molecular flexibility index (Phi) is 4.37. The molecular formula is C14H21ClN2O3S. The molecule has 0 unspecified atom stereocenters. The van der Waals surface area contributed by atoms with E-state index in [9.17, 15) is 8.42 Å². The minimum absolute atomic E-state index is 0.0462. The van der Waals surface area contributed by atoms with E-state index in [-0.39, 0.29) is 5.03 Å². The topological polar surface area (TPSA) is 59.5 Å². The maximum Gasteiger partial charge on any atom is 0.260 e. The fraction of sp³-hybridized carbons (Fsp3) is 0.643. The molecule has 0 aromatic carbocycles. The van der Waals surface area contributed by atoms with Crippen LogP contribution in [0.2, 0.25) is 0 Å². The van der Waals surface area contributed by atoms with Gasteiger partial charge in [-0.25, -0.2) is 13.4 Å². The van der Waals surface area contributed by atoms with E-state index in [4.69, 9.17) is 16.3 Å². The van der Waals surface area contributed by atoms with Crippen molar-refractivity contribution in [3.63, 3.8) is 0 Å². The van der Waals surface area contributed by atoms with Crippen molar-refractivity contribution < 1.29 is 13.2 Å². The second-order valence-electron chi connectivity index (χ2n) is 6.53. The lowest BCUT2D eigenvalue weighted by Gasteiger charge is -2.46. The number of halogens is 1. The lowest BCUT2D eigenvalue weighted by Crippen LogP contribution is -2.58. The van der Waals surface area contributed by atoms with Crippen molar-refractivity contribution in [3.8, 4) is 0 Å². The molecule has 0 saturated carbocycles. The maximum absolute atomic E-state index is 12.7. The van der Waals surface area contributed by atoms with E-state index < -0.39 is 21.2 Å². The van der Waals surface area contributed by atoms with Crippen molar-refractivity contribution in [2.45, 2.75) is 49.8 Å². The highest BCUT2D eigenvalue weighted by Crippen LogP contribution is 2.31. The number of morpholine rings is 1. The summed E-state index contributed by atoms with van der Waals surface area (Å²) in [4.78, 5) is 4.04. The zero-order chi connectivity index (χ0) is 15.9. The molecule has 0 amide bonds. The predicted octanol–water partition coefficient (Wildman–Crippen LogP) is 2.40. The van der Waals surface area contributed by atoms with E-state index in [1.165, 1.54) is 16.6 Å². The molecule has 7 heteroatoms. The lowest BCUT2D eigenvalue weighted by atomic mass is 10.0. The number of aromatic nitrogens is 1. The molecule has 2 heterocycles. The van der Waals surface area contributed by atoms with Gasteiger partial charge in [0.1, 0.15) is 0 Å². The van der Waals surface area contributed by atoms with Gasteiger partial charge >= 0.3 is 0 Å². The Hall–Kier alpha value is -0.690. The first-order valence-corrected chi connectivity index (χ1v) is 8.74. The molecule has 0 atom stereocenters. The molecule has 2 rings (SSSR count). The molecule has 1 fully saturated rings. The van der Waals surface area contributed by atoms with Crippen LogP contribution in [0.3, 0.4) is 0 Å². The van der Waals surface area contributed by atoms with Crippen LogP contribution >= 0.6 is 11.6 Å². The first-order valence-electron chi connectivity index (χ1n) is 6.77. The summed E-state index contributed by atoms with van der Waals surface area (Å²) in [5.41, 5.74) is -0.284. The first-order chi connectivity index (χ1) is 9.56. The Morgan fingerprint density at radius 3 is 2.24 bits per heavy atom. The molecule has 0 bridgehead atoms. The predicted molar refractivity (Wildman–Crippen MR) is 81.8 cm³/mol. The van der Waals surface area contributed by atoms with E-state index in [0.717, 1.165) is 5.56 Å². The summed E-state index contributed by atoms with van der Waals surface area (Å²) >= 11 is 5.70. The van der Waals surface area contributed by atoms with Crippen molar-refractivity contribution in [2.24, 2.45) is 0 Å². The lowest BCUT2D eigenvalue weighted by molar-refractivity contribution is -0.163. The van der Waals surface area contributed by atoms with E-state index in [1.54, 1.807) is 6.07 Å². The number of sulfonamides is 1. The Morgan fingerprint density at radius 1 is 1.24 bits per heavy atom. The minimum atomic E-state index is -3.63. The summed E-state index contributed by atoms with van der Waals surface area (Å²) in [5.74, 6) is 0.310. The van der Waals surface area contributed by atoms with E-state index >= 15 is 0 Å². The van der Waals surface area contributed by atoms with Crippen molar-refractivity contribution in [3.05, 3.63) is 23.9 Å². The first kappa shape index (κ1) is 16.7. The Morgan fingerprint density at radius 2 is 1.81 bits per heavy atom. The number of hydrogen-bond acceptors (Lipinski definition) is 4. The quantitative estimate of drug-likeness (QED) is 0.797. The van der Waals surface area contributed by atoms with Gasteiger partial charge in [0, 0.05) is 25.2 Å². The fourth-order valence-corrected chi connectivity index (χ4v) is 4.47. The second-order valence-corrected chi connectivity index (χ2v) is 8.68. The van der Waals surface area contributed by atoms with E-state index in [1.807, 2.05) is 27.7 Å². The van der Waals surface area contributed by atoms with Gasteiger partial charge in [0.25, 0.3) is 10.0 Å². The number of hydrogen-bond donors (Lipinski definition) is 0. The molecule has 1 aliphatic heterocycles. The average molecular weight is 333 g/mol. The molecule has 0 spiro atoms. The maximum atomic E-state index is 12.7. The fourth-order valence-electron chi connectivity index (χ4n) is 2.66. The number of pyridine rings is 1. The van der Waals surface area contributed by atoms with Crippen LogP contribution in [0.5, 0.6) is 0 Å². The van der Waals surface area contributed by atoms with Crippen molar-refractivity contribution >= 4 is 21.6 Å². The number of ether oxygens (including phenoxy) is 1. The molecule has 118 valence electrons. The van der Waals surface area contributed by atoms with Crippen LogP contribution in [0, 0.1) is 0 Å². The zero-order valence-electron chi connectivity index (χ0n) is 12.8. The van der Waals surface area contributed by atoms with Gasteiger partial charge in [0.05, 0.1) is 11.2 Å². The summed E-state index contributed by atoms with van der Waals surface area (Å²) in [6.45, 7) is 8.16. The highest BCUT2D eigenvalue weighted by atomic mass is 35.5. The summed E-state index contributed by atoms with van der Waals surface area (Å²) < 4.78 is 32.8. The normalized spacial score (nSPS) is 22.1. The molecule has 21 heavy (non-hydrogen) atoms. The van der Waals surface area contributed by atoms with Gasteiger partial charge in [-0.2, -0.15) is 4.31 Å². The van der Waals surface area contributed by atoms with Gasteiger partial charge < -0.3 is 4.74 Å². The van der Waals surface area contributed by atoms with Crippen LogP contribution < -0.4 is 0 Å². The molecule has 1 aliphatic rings. The third-order valence-electron chi connectivity index (χ3n) is 3.22. The average Bonchev–Trinajstić information content (AvgIpc) is 2.35. The third-order valence-corrected chi connectivity index (χ3v) is 5.24. The largest absolute Gasteiger partial charge is 0.367 e. The van der Waals surface area contributed by atoms with E-state index in [2.05, 4.69) is 4.98 Å². The zero-order valence-corrected chi connectivity index (χ0v) is 14.3. The van der Waals surface area contributed by atoms with Gasteiger partial charge in [0.15, 0.2) is 5.03 Å². The second kappa shape index (κ2) is 5.50. The molecular weight excluding hydrogens is 312 g/mol. The number of rotatable bonds is 3. The van der Waals surface area contributed by atoms with Crippen molar-refractivity contribution in [2.75, 3.05) is 13.1 Å². The van der Waals surface area contributed by atoms with Crippen LogP contribution in [0.15, 0.2) is 23.4 Å². The summed E-state index contributed by atoms with van der Waals surface area (Å²) in [5, 5.41) is 0.0462. The van der Waals surface area contributed by atoms with Crippen LogP contribution in [-0.2, 0) is 20.6 Å². The molecule has 0 radical (unpaired) electrons. The molecule has 1 aromatic heterocycles. The smallest absolute Gasteiger partial charge is 0.260 e. The molecule has 1 saturated heterocycles. The highest BCUT2D eigenvalue weighted by molar-refractivity contribution is 7.89. The van der Waals surface area contributed by atoms with Crippen molar-refractivity contribution in [1.82, 2.24) is 9.29 Å². The monoisotopic (exact) mass is 332 g/mol. The highest BCUT2D eigenvalue weighted by Gasteiger charge is 2.43. The molecule has 0 aliphatic carbocycles. The minimum Gasteiger partial charge on any atom is -0.367 e. The molecule has 5 nitrogen and oxygen atoms in total. The van der Waals surface area contributed by atoms with Crippen LogP contribution in [0.25, 0.3) is 0 Å². The summed E-state index contributed by atoms with van der Waals surface area (Å²) in [6, 6.07) is 3.19. The van der Waals surface area contributed by atoms with Gasteiger partial charge in [-0.3, -0.25) is 0 Å². The van der Waals surface area contributed by atoms with Gasteiger partial charge in [-0.15, -0.1) is 11.6 Å². The molecule has 1 aromatic rings. The van der Waals surface area contributed by atoms with E-state index in [0.29, 0.717) is 19.0 Å². The SMILES string of the molecule is CC1(C)CN(S(=O)(=O)c2ccc(CCl)cn2)CC(C)(C)O1. The Balaban J connectivity index is 2.33.